The third kappa shape index (κ3) is 5.33. The molecule has 3 rings (SSSR count). The number of carbonyl (C=O) groups excluding carboxylic acids is 2. The van der Waals surface area contributed by atoms with Gasteiger partial charge < -0.3 is 19.7 Å². The number of nitrogens with zero attached hydrogens (tertiary/aromatic N) is 1. The molecule has 1 atom stereocenters. The van der Waals surface area contributed by atoms with E-state index in [-0.39, 0.29) is 24.3 Å². The summed E-state index contributed by atoms with van der Waals surface area (Å²) in [7, 11) is 0. The Bertz CT molecular complexity index is 820. The summed E-state index contributed by atoms with van der Waals surface area (Å²) in [4.78, 5) is 26.9. The highest BCUT2D eigenvalue weighted by Gasteiger charge is 2.22. The lowest BCUT2D eigenvalue weighted by Gasteiger charge is -2.31. The molecule has 0 saturated carbocycles. The van der Waals surface area contributed by atoms with Crippen LogP contribution < -0.4 is 10.1 Å². The lowest BCUT2D eigenvalue weighted by atomic mass is 10.1. The summed E-state index contributed by atoms with van der Waals surface area (Å²) in [6.45, 7) is 6.20. The van der Waals surface area contributed by atoms with Gasteiger partial charge in [-0.3, -0.25) is 9.59 Å². The van der Waals surface area contributed by atoms with Crippen LogP contribution in [-0.4, -0.2) is 49.1 Å². The van der Waals surface area contributed by atoms with Gasteiger partial charge in [0.1, 0.15) is 5.75 Å². The maximum Gasteiger partial charge on any atom is 0.254 e. The number of hydrogen-bond acceptors (Lipinski definition) is 4. The molecule has 1 saturated heterocycles. The van der Waals surface area contributed by atoms with E-state index in [9.17, 15) is 9.59 Å². The Labute approximate surface area is 165 Å². The van der Waals surface area contributed by atoms with Crippen molar-refractivity contribution in [3.63, 3.8) is 0 Å². The number of morpholine rings is 1. The molecule has 0 aliphatic carbocycles. The number of benzene rings is 2. The fourth-order valence-corrected chi connectivity index (χ4v) is 3.18. The average Bonchev–Trinajstić information content (AvgIpc) is 2.69. The summed E-state index contributed by atoms with van der Waals surface area (Å²) in [5, 5.41) is 2.87. The SMILES string of the molecule is CCOc1ccc(CC(=O)Nc2cccc(C(=O)N3CCOC(C)C3)c2)cc1. The van der Waals surface area contributed by atoms with Crippen LogP contribution in [0.15, 0.2) is 48.5 Å². The molecule has 2 aromatic carbocycles. The normalized spacial score (nSPS) is 16.5. The van der Waals surface area contributed by atoms with Crippen LogP contribution in [0.25, 0.3) is 0 Å². The smallest absolute Gasteiger partial charge is 0.254 e. The molecule has 2 amide bonds. The Kier molecular flexibility index (Phi) is 6.66. The van der Waals surface area contributed by atoms with Crippen molar-refractivity contribution in [2.75, 3.05) is 31.6 Å². The minimum absolute atomic E-state index is 0.0368. The molecule has 0 spiro atoms. The van der Waals surface area contributed by atoms with Gasteiger partial charge in [0.15, 0.2) is 0 Å². The van der Waals surface area contributed by atoms with Crippen LogP contribution in [0.5, 0.6) is 5.75 Å². The number of rotatable bonds is 6. The van der Waals surface area contributed by atoms with E-state index in [1.165, 1.54) is 0 Å². The second-order valence-electron chi connectivity index (χ2n) is 6.82. The molecule has 0 radical (unpaired) electrons. The second kappa shape index (κ2) is 9.37. The van der Waals surface area contributed by atoms with E-state index in [4.69, 9.17) is 9.47 Å². The van der Waals surface area contributed by atoms with Gasteiger partial charge >= 0.3 is 0 Å². The maximum atomic E-state index is 12.7. The molecule has 1 heterocycles. The molecule has 6 heteroatoms. The first-order valence-electron chi connectivity index (χ1n) is 9.57. The van der Waals surface area contributed by atoms with Gasteiger partial charge in [0.2, 0.25) is 5.91 Å². The van der Waals surface area contributed by atoms with E-state index in [0.29, 0.717) is 37.6 Å². The minimum Gasteiger partial charge on any atom is -0.494 e. The second-order valence-corrected chi connectivity index (χ2v) is 6.82. The molecule has 0 aromatic heterocycles. The highest BCUT2D eigenvalue weighted by Crippen LogP contribution is 2.16. The number of amides is 2. The van der Waals surface area contributed by atoms with E-state index in [1.54, 1.807) is 29.2 Å². The van der Waals surface area contributed by atoms with E-state index in [0.717, 1.165) is 11.3 Å². The quantitative estimate of drug-likeness (QED) is 0.834. The summed E-state index contributed by atoms with van der Waals surface area (Å²) in [5.41, 5.74) is 2.08. The van der Waals surface area contributed by atoms with Gasteiger partial charge in [-0.2, -0.15) is 0 Å². The first-order chi connectivity index (χ1) is 13.5. The standard InChI is InChI=1S/C22H26N2O4/c1-3-27-20-9-7-17(8-10-20)13-21(25)23-19-6-4-5-18(14-19)22(26)24-11-12-28-16(2)15-24/h4-10,14,16H,3,11-13,15H2,1-2H3,(H,23,25). The van der Waals surface area contributed by atoms with Crippen molar-refractivity contribution in [1.29, 1.82) is 0 Å². The van der Waals surface area contributed by atoms with Crippen LogP contribution >= 0.6 is 0 Å². The van der Waals surface area contributed by atoms with Gasteiger partial charge in [0.05, 0.1) is 25.7 Å². The third-order valence-electron chi connectivity index (χ3n) is 4.52. The highest BCUT2D eigenvalue weighted by molar-refractivity contribution is 5.97. The molecule has 1 N–H and O–H groups in total. The summed E-state index contributed by atoms with van der Waals surface area (Å²) >= 11 is 0. The van der Waals surface area contributed by atoms with Crippen LogP contribution in [0.1, 0.15) is 29.8 Å². The Balaban J connectivity index is 1.60. The van der Waals surface area contributed by atoms with Gasteiger partial charge in [-0.05, 0) is 49.7 Å². The van der Waals surface area contributed by atoms with Gasteiger partial charge in [-0.15, -0.1) is 0 Å². The van der Waals surface area contributed by atoms with Crippen LogP contribution in [0.3, 0.4) is 0 Å². The van der Waals surface area contributed by atoms with Crippen LogP contribution in [0.4, 0.5) is 5.69 Å². The molecular weight excluding hydrogens is 356 g/mol. The largest absolute Gasteiger partial charge is 0.494 e. The van der Waals surface area contributed by atoms with E-state index in [2.05, 4.69) is 5.32 Å². The summed E-state index contributed by atoms with van der Waals surface area (Å²) in [5.74, 6) is 0.613. The number of hydrogen-bond donors (Lipinski definition) is 1. The van der Waals surface area contributed by atoms with Crippen molar-refractivity contribution in [2.45, 2.75) is 26.4 Å². The Morgan fingerprint density at radius 2 is 2.00 bits per heavy atom. The molecule has 148 valence electrons. The lowest BCUT2D eigenvalue weighted by molar-refractivity contribution is -0.115. The molecular formula is C22H26N2O4. The van der Waals surface area contributed by atoms with Gasteiger partial charge in [0, 0.05) is 24.3 Å². The monoisotopic (exact) mass is 382 g/mol. The van der Waals surface area contributed by atoms with Crippen molar-refractivity contribution >= 4 is 17.5 Å². The zero-order valence-electron chi connectivity index (χ0n) is 16.3. The molecule has 1 aliphatic heterocycles. The maximum absolute atomic E-state index is 12.7. The average molecular weight is 382 g/mol. The topological polar surface area (TPSA) is 67.9 Å². The fourth-order valence-electron chi connectivity index (χ4n) is 3.18. The van der Waals surface area contributed by atoms with Crippen molar-refractivity contribution in [2.24, 2.45) is 0 Å². The lowest BCUT2D eigenvalue weighted by Crippen LogP contribution is -2.44. The molecule has 28 heavy (non-hydrogen) atoms. The molecule has 1 unspecified atom stereocenters. The van der Waals surface area contributed by atoms with Crippen LogP contribution in [0.2, 0.25) is 0 Å². The van der Waals surface area contributed by atoms with Gasteiger partial charge in [-0.25, -0.2) is 0 Å². The number of anilines is 1. The number of ether oxygens (including phenoxy) is 2. The summed E-state index contributed by atoms with van der Waals surface area (Å²) < 4.78 is 10.9. The Morgan fingerprint density at radius 1 is 1.21 bits per heavy atom. The molecule has 1 fully saturated rings. The van der Waals surface area contributed by atoms with Gasteiger partial charge in [-0.1, -0.05) is 18.2 Å². The number of nitrogens with one attached hydrogen (secondary N) is 1. The van der Waals surface area contributed by atoms with E-state index >= 15 is 0 Å². The molecule has 2 aromatic rings. The van der Waals surface area contributed by atoms with Gasteiger partial charge in [0.25, 0.3) is 5.91 Å². The molecule has 0 bridgehead atoms. The zero-order chi connectivity index (χ0) is 19.9. The first-order valence-corrected chi connectivity index (χ1v) is 9.57. The van der Waals surface area contributed by atoms with E-state index < -0.39 is 0 Å². The Hall–Kier alpha value is -2.86. The Morgan fingerprint density at radius 3 is 2.71 bits per heavy atom. The predicted octanol–water partition coefficient (Wildman–Crippen LogP) is 3.13. The third-order valence-corrected chi connectivity index (χ3v) is 4.52. The van der Waals surface area contributed by atoms with Crippen LogP contribution in [0, 0.1) is 0 Å². The molecule has 6 nitrogen and oxygen atoms in total. The number of carbonyl (C=O) groups is 2. The summed E-state index contributed by atoms with van der Waals surface area (Å²) in [6, 6.07) is 14.5. The van der Waals surface area contributed by atoms with Crippen molar-refractivity contribution in [3.05, 3.63) is 59.7 Å². The fraction of sp³-hybridized carbons (Fsp3) is 0.364. The van der Waals surface area contributed by atoms with Crippen molar-refractivity contribution in [1.82, 2.24) is 4.90 Å². The predicted molar refractivity (Wildman–Crippen MR) is 108 cm³/mol. The summed E-state index contributed by atoms with van der Waals surface area (Å²) in [6.07, 6.45) is 0.292. The van der Waals surface area contributed by atoms with Crippen molar-refractivity contribution in [3.8, 4) is 5.75 Å². The van der Waals surface area contributed by atoms with Crippen molar-refractivity contribution < 1.29 is 19.1 Å². The highest BCUT2D eigenvalue weighted by atomic mass is 16.5. The first kappa shape index (κ1) is 19.9. The van der Waals surface area contributed by atoms with Crippen LogP contribution in [-0.2, 0) is 16.0 Å². The minimum atomic E-state index is -0.131. The van der Waals surface area contributed by atoms with E-state index in [1.807, 2.05) is 38.1 Å². The zero-order valence-corrected chi connectivity index (χ0v) is 16.3. The molecule has 1 aliphatic rings.